The zero-order chi connectivity index (χ0) is 19.8. The second-order valence-electron chi connectivity index (χ2n) is 6.80. The molecule has 0 radical (unpaired) electrons. The molecule has 0 saturated carbocycles. The molecule has 0 aliphatic carbocycles. The molecule has 1 unspecified atom stereocenters. The van der Waals surface area contributed by atoms with Gasteiger partial charge < -0.3 is 25.4 Å². The molecule has 3 rings (SSSR count). The number of hydrogen-bond donors (Lipinski definition) is 2. The lowest BCUT2D eigenvalue weighted by atomic mass is 10.2. The van der Waals surface area contributed by atoms with Crippen molar-refractivity contribution >= 4 is 47.2 Å². The molecule has 6 nitrogen and oxygen atoms in total. The zero-order valence-electron chi connectivity index (χ0n) is 16.3. The summed E-state index contributed by atoms with van der Waals surface area (Å²) in [5, 5.41) is 10.8. The number of guanidine groups is 1. The number of anilines is 1. The van der Waals surface area contributed by atoms with E-state index in [0.717, 1.165) is 42.5 Å². The van der Waals surface area contributed by atoms with Crippen LogP contribution in [-0.2, 0) is 11.3 Å². The molecule has 29 heavy (non-hydrogen) atoms. The van der Waals surface area contributed by atoms with Gasteiger partial charge in [-0.15, -0.1) is 24.0 Å². The lowest BCUT2D eigenvalue weighted by molar-refractivity contribution is 0.0330. The first-order valence-electron chi connectivity index (χ1n) is 9.47. The maximum atomic E-state index is 10.1. The van der Waals surface area contributed by atoms with Gasteiger partial charge in [0.05, 0.1) is 25.9 Å². The number of benzene rings is 2. The Hall–Kier alpha value is -1.55. The summed E-state index contributed by atoms with van der Waals surface area (Å²) in [5.41, 5.74) is 8.35. The predicted octanol–water partition coefficient (Wildman–Crippen LogP) is 2.97. The summed E-state index contributed by atoms with van der Waals surface area (Å²) in [5.74, 6) is 0.470. The number of nitrogens with zero attached hydrogens (tertiary/aromatic N) is 3. The van der Waals surface area contributed by atoms with Crippen LogP contribution in [0.4, 0.5) is 5.69 Å². The van der Waals surface area contributed by atoms with E-state index in [1.54, 1.807) is 0 Å². The van der Waals surface area contributed by atoms with Gasteiger partial charge in [0.15, 0.2) is 5.96 Å². The van der Waals surface area contributed by atoms with E-state index in [0.29, 0.717) is 12.6 Å². The summed E-state index contributed by atoms with van der Waals surface area (Å²) in [7, 11) is 0. The fraction of sp³-hybridized carbons (Fsp3) is 0.381. The van der Waals surface area contributed by atoms with Gasteiger partial charge in [0.2, 0.25) is 0 Å². The predicted molar refractivity (Wildman–Crippen MR) is 129 cm³/mol. The maximum absolute atomic E-state index is 10.1. The lowest BCUT2D eigenvalue weighted by Crippen LogP contribution is -2.51. The van der Waals surface area contributed by atoms with Crippen molar-refractivity contribution in [3.63, 3.8) is 0 Å². The number of aliphatic hydroxyl groups is 1. The van der Waals surface area contributed by atoms with E-state index in [9.17, 15) is 5.11 Å². The Morgan fingerprint density at radius 3 is 2.38 bits per heavy atom. The average Bonchev–Trinajstić information content (AvgIpc) is 2.73. The molecule has 1 aliphatic rings. The van der Waals surface area contributed by atoms with Crippen molar-refractivity contribution in [2.45, 2.75) is 12.7 Å². The minimum Gasteiger partial charge on any atom is -0.389 e. The third-order valence-electron chi connectivity index (χ3n) is 4.68. The summed E-state index contributed by atoms with van der Waals surface area (Å²) in [6.07, 6.45) is -0.669. The molecule has 1 fully saturated rings. The first-order valence-corrected chi connectivity index (χ1v) is 9.85. The van der Waals surface area contributed by atoms with Gasteiger partial charge in [0.25, 0.3) is 0 Å². The largest absolute Gasteiger partial charge is 0.389 e. The van der Waals surface area contributed by atoms with Crippen molar-refractivity contribution in [3.8, 4) is 0 Å². The topological polar surface area (TPSA) is 74.3 Å². The molecule has 2 aromatic rings. The molecule has 1 saturated heterocycles. The van der Waals surface area contributed by atoms with E-state index < -0.39 is 6.10 Å². The Labute approximate surface area is 194 Å². The zero-order valence-corrected chi connectivity index (χ0v) is 19.4. The molecular weight excluding hydrogens is 503 g/mol. The van der Waals surface area contributed by atoms with Crippen molar-refractivity contribution in [3.05, 3.63) is 65.2 Å². The third-order valence-corrected chi connectivity index (χ3v) is 4.93. The van der Waals surface area contributed by atoms with Crippen LogP contribution in [0.2, 0.25) is 5.02 Å². The first kappa shape index (κ1) is 23.7. The standard InChI is InChI=1S/C21H27ClN4O2.HI/c22-18-6-8-19(9-7-18)25-10-12-26(13-11-25)21(23)24-14-20(27)16-28-15-17-4-2-1-3-5-17;/h1-9,20,27H,10-16H2,(H2,23,24);1H. The van der Waals surface area contributed by atoms with Crippen molar-refractivity contribution < 1.29 is 9.84 Å². The van der Waals surface area contributed by atoms with E-state index in [-0.39, 0.29) is 37.1 Å². The summed E-state index contributed by atoms with van der Waals surface area (Å²) in [4.78, 5) is 8.68. The molecule has 2 aromatic carbocycles. The molecule has 0 aromatic heterocycles. The van der Waals surface area contributed by atoms with Gasteiger partial charge in [-0.25, -0.2) is 0 Å². The average molecular weight is 531 g/mol. The molecule has 8 heteroatoms. The molecule has 1 heterocycles. The monoisotopic (exact) mass is 530 g/mol. The molecule has 3 N–H and O–H groups in total. The van der Waals surface area contributed by atoms with Crippen LogP contribution in [0, 0.1) is 0 Å². The van der Waals surface area contributed by atoms with Crippen molar-refractivity contribution in [2.24, 2.45) is 10.7 Å². The third kappa shape index (κ3) is 7.65. The van der Waals surface area contributed by atoms with E-state index in [1.807, 2.05) is 59.5 Å². The van der Waals surface area contributed by atoms with Gasteiger partial charge in [-0.2, -0.15) is 0 Å². The van der Waals surface area contributed by atoms with Gasteiger partial charge in [0, 0.05) is 36.9 Å². The number of aliphatic imine (C=N–C) groups is 1. The van der Waals surface area contributed by atoms with E-state index in [1.165, 1.54) is 0 Å². The summed E-state index contributed by atoms with van der Waals surface area (Å²) in [6, 6.07) is 17.7. The van der Waals surface area contributed by atoms with Crippen molar-refractivity contribution in [2.75, 3.05) is 44.2 Å². The van der Waals surface area contributed by atoms with E-state index in [4.69, 9.17) is 22.1 Å². The van der Waals surface area contributed by atoms with E-state index >= 15 is 0 Å². The van der Waals surface area contributed by atoms with Gasteiger partial charge in [-0.3, -0.25) is 4.99 Å². The Balaban J connectivity index is 0.00000300. The van der Waals surface area contributed by atoms with Crippen LogP contribution < -0.4 is 10.6 Å². The molecule has 1 atom stereocenters. The highest BCUT2D eigenvalue weighted by molar-refractivity contribution is 14.0. The molecular formula is C21H28ClIN4O2. The number of piperazine rings is 1. The highest BCUT2D eigenvalue weighted by atomic mass is 127. The Morgan fingerprint density at radius 1 is 1.07 bits per heavy atom. The highest BCUT2D eigenvalue weighted by Gasteiger charge is 2.18. The minimum atomic E-state index is -0.669. The van der Waals surface area contributed by atoms with Crippen LogP contribution in [0.25, 0.3) is 0 Å². The Bertz CT molecular complexity index is 753. The van der Waals surface area contributed by atoms with E-state index in [2.05, 4.69) is 9.89 Å². The molecule has 1 aliphatic heterocycles. The number of nitrogens with two attached hydrogens (primary N) is 1. The second kappa shape index (κ2) is 12.2. The summed E-state index contributed by atoms with van der Waals surface area (Å²) < 4.78 is 5.54. The van der Waals surface area contributed by atoms with Gasteiger partial charge in [-0.1, -0.05) is 41.9 Å². The maximum Gasteiger partial charge on any atom is 0.191 e. The minimum absolute atomic E-state index is 0. The number of ether oxygens (including phenoxy) is 1. The molecule has 0 spiro atoms. The Kier molecular flexibility index (Phi) is 9.99. The van der Waals surface area contributed by atoms with Gasteiger partial charge in [-0.05, 0) is 29.8 Å². The molecule has 158 valence electrons. The first-order chi connectivity index (χ1) is 13.6. The summed E-state index contributed by atoms with van der Waals surface area (Å²) >= 11 is 5.95. The van der Waals surface area contributed by atoms with Crippen LogP contribution in [0.3, 0.4) is 0 Å². The fourth-order valence-corrected chi connectivity index (χ4v) is 3.21. The second-order valence-corrected chi connectivity index (χ2v) is 7.24. The highest BCUT2D eigenvalue weighted by Crippen LogP contribution is 2.19. The quantitative estimate of drug-likeness (QED) is 0.327. The summed E-state index contributed by atoms with van der Waals surface area (Å²) in [6.45, 7) is 4.25. The van der Waals surface area contributed by atoms with Crippen LogP contribution in [-0.4, -0.2) is 61.4 Å². The van der Waals surface area contributed by atoms with Crippen molar-refractivity contribution in [1.29, 1.82) is 0 Å². The number of halogens is 2. The molecule has 0 amide bonds. The number of aliphatic hydroxyl groups excluding tert-OH is 1. The number of hydrogen-bond acceptors (Lipinski definition) is 4. The van der Waals surface area contributed by atoms with Crippen LogP contribution >= 0.6 is 35.6 Å². The van der Waals surface area contributed by atoms with Gasteiger partial charge in [0.1, 0.15) is 0 Å². The van der Waals surface area contributed by atoms with Gasteiger partial charge >= 0.3 is 0 Å². The normalized spacial score (nSPS) is 15.7. The lowest BCUT2D eigenvalue weighted by Gasteiger charge is -2.36. The van der Waals surface area contributed by atoms with Crippen LogP contribution in [0.5, 0.6) is 0 Å². The van der Waals surface area contributed by atoms with Crippen molar-refractivity contribution in [1.82, 2.24) is 4.90 Å². The van der Waals surface area contributed by atoms with Crippen LogP contribution in [0.1, 0.15) is 5.56 Å². The SMILES string of the molecule is I.NC(=NCC(O)COCc1ccccc1)N1CCN(c2ccc(Cl)cc2)CC1. The fourth-order valence-electron chi connectivity index (χ4n) is 3.08. The molecule has 0 bridgehead atoms. The smallest absolute Gasteiger partial charge is 0.191 e. The number of rotatable bonds is 7. The van der Waals surface area contributed by atoms with Crippen LogP contribution in [0.15, 0.2) is 59.6 Å². The Morgan fingerprint density at radius 2 is 1.72 bits per heavy atom.